The van der Waals surface area contributed by atoms with Gasteiger partial charge in [0.25, 0.3) is 10.0 Å². The first-order chi connectivity index (χ1) is 14.7. The number of sulfonamides is 1. The molecular formula is C21H20Cl2FN3O3S. The molecule has 2 heterocycles. The lowest BCUT2D eigenvalue weighted by atomic mass is 9.94. The number of nitrogens with zero attached hydrogens (tertiary/aromatic N) is 2. The topological polar surface area (TPSA) is 78.8 Å². The van der Waals surface area contributed by atoms with Gasteiger partial charge >= 0.3 is 0 Å². The number of likely N-dealkylation sites (tertiary alicyclic amines) is 1. The van der Waals surface area contributed by atoms with E-state index in [0.29, 0.717) is 42.9 Å². The van der Waals surface area contributed by atoms with E-state index in [4.69, 9.17) is 23.2 Å². The van der Waals surface area contributed by atoms with Gasteiger partial charge in [0.1, 0.15) is 10.7 Å². The molecule has 1 N–H and O–H groups in total. The molecule has 2 aliphatic heterocycles. The normalized spacial score (nSPS) is 19.0. The Morgan fingerprint density at radius 2 is 1.87 bits per heavy atom. The third-order valence-corrected chi connectivity index (χ3v) is 7.58. The van der Waals surface area contributed by atoms with Crippen LogP contribution >= 0.6 is 23.2 Å². The minimum absolute atomic E-state index is 0.0712. The fourth-order valence-corrected chi connectivity index (χ4v) is 5.72. The Kier molecular flexibility index (Phi) is 5.98. The molecule has 1 unspecified atom stereocenters. The molecule has 6 nitrogen and oxygen atoms in total. The SMILES string of the molecule is CC(NC(=O)C1CCN(C2=NS(=O)(=O)c3ccccc32)CC1)c1cc(F)c(Cl)cc1Cl. The van der Waals surface area contributed by atoms with E-state index in [1.54, 1.807) is 31.2 Å². The number of benzene rings is 2. The monoisotopic (exact) mass is 483 g/mol. The predicted octanol–water partition coefficient (Wildman–Crippen LogP) is 4.17. The van der Waals surface area contributed by atoms with Gasteiger partial charge in [0.2, 0.25) is 5.91 Å². The number of amides is 1. The van der Waals surface area contributed by atoms with Gasteiger partial charge in [-0.25, -0.2) is 4.39 Å². The molecule has 0 radical (unpaired) electrons. The molecule has 0 bridgehead atoms. The van der Waals surface area contributed by atoms with E-state index in [-0.39, 0.29) is 26.8 Å². The zero-order valence-corrected chi connectivity index (χ0v) is 18.9. The lowest BCUT2D eigenvalue weighted by Gasteiger charge is -2.33. The van der Waals surface area contributed by atoms with Crippen molar-refractivity contribution in [3.8, 4) is 0 Å². The fourth-order valence-electron chi connectivity index (χ4n) is 3.95. The van der Waals surface area contributed by atoms with E-state index in [2.05, 4.69) is 9.71 Å². The summed E-state index contributed by atoms with van der Waals surface area (Å²) in [7, 11) is -3.68. The molecule has 1 saturated heterocycles. The number of fused-ring (bicyclic) bond motifs is 1. The first kappa shape index (κ1) is 22.0. The lowest BCUT2D eigenvalue weighted by Crippen LogP contribution is -2.43. The van der Waals surface area contributed by atoms with Crippen molar-refractivity contribution in [2.45, 2.75) is 30.7 Å². The number of amidine groups is 1. The number of carbonyl (C=O) groups is 1. The summed E-state index contributed by atoms with van der Waals surface area (Å²) in [6.07, 6.45) is 1.09. The van der Waals surface area contributed by atoms with Crippen LogP contribution in [0.1, 0.15) is 36.9 Å². The van der Waals surface area contributed by atoms with E-state index >= 15 is 0 Å². The van der Waals surface area contributed by atoms with E-state index in [9.17, 15) is 17.6 Å². The van der Waals surface area contributed by atoms with E-state index in [1.165, 1.54) is 12.1 Å². The highest BCUT2D eigenvalue weighted by molar-refractivity contribution is 7.90. The summed E-state index contributed by atoms with van der Waals surface area (Å²) < 4.78 is 42.3. The van der Waals surface area contributed by atoms with Gasteiger partial charge in [-0.15, -0.1) is 4.40 Å². The van der Waals surface area contributed by atoms with Crippen molar-refractivity contribution in [1.82, 2.24) is 10.2 Å². The number of hydrogen-bond acceptors (Lipinski definition) is 4. The van der Waals surface area contributed by atoms with Crippen molar-refractivity contribution >= 4 is 45.0 Å². The second-order valence-corrected chi connectivity index (χ2v) is 10.1. The summed E-state index contributed by atoms with van der Waals surface area (Å²) in [6.45, 7) is 2.74. The van der Waals surface area contributed by atoms with Crippen LogP contribution in [0.2, 0.25) is 10.0 Å². The second kappa shape index (κ2) is 8.41. The van der Waals surface area contributed by atoms with Gasteiger partial charge in [-0.1, -0.05) is 35.3 Å². The maximum Gasteiger partial charge on any atom is 0.285 e. The number of piperidine rings is 1. The maximum absolute atomic E-state index is 13.8. The summed E-state index contributed by atoms with van der Waals surface area (Å²) >= 11 is 11.9. The first-order valence-corrected chi connectivity index (χ1v) is 12.0. The van der Waals surface area contributed by atoms with Crippen LogP contribution in [0.5, 0.6) is 0 Å². The Labute approximate surface area is 190 Å². The van der Waals surface area contributed by atoms with E-state index in [0.717, 1.165) is 0 Å². The van der Waals surface area contributed by atoms with Crippen LogP contribution in [0.3, 0.4) is 0 Å². The smallest absolute Gasteiger partial charge is 0.285 e. The number of halogens is 3. The van der Waals surface area contributed by atoms with Crippen LogP contribution < -0.4 is 5.32 Å². The van der Waals surface area contributed by atoms with Gasteiger partial charge in [-0.3, -0.25) is 4.79 Å². The van der Waals surface area contributed by atoms with Gasteiger partial charge in [-0.2, -0.15) is 8.42 Å². The number of rotatable bonds is 3. The van der Waals surface area contributed by atoms with Crippen LogP contribution in [0, 0.1) is 11.7 Å². The molecule has 4 rings (SSSR count). The minimum atomic E-state index is -3.68. The molecular weight excluding hydrogens is 464 g/mol. The molecule has 31 heavy (non-hydrogen) atoms. The average molecular weight is 484 g/mol. The largest absolute Gasteiger partial charge is 0.355 e. The third kappa shape index (κ3) is 4.29. The van der Waals surface area contributed by atoms with Crippen molar-refractivity contribution in [2.24, 2.45) is 10.3 Å². The quantitative estimate of drug-likeness (QED) is 0.664. The van der Waals surface area contributed by atoms with Gasteiger partial charge in [-0.05, 0) is 49.6 Å². The standard InChI is InChI=1S/C21H20Cl2FN3O3S/c1-12(15-10-18(24)17(23)11-16(15)22)25-21(28)13-6-8-27(9-7-13)20-14-4-2-3-5-19(14)31(29,30)26-20/h2-5,10-13H,6-9H2,1H3,(H,25,28). The fraction of sp³-hybridized carbons (Fsp3) is 0.333. The molecule has 0 saturated carbocycles. The molecule has 2 aromatic carbocycles. The maximum atomic E-state index is 13.8. The first-order valence-electron chi connectivity index (χ1n) is 9.81. The molecule has 2 aliphatic rings. The van der Waals surface area contributed by atoms with Crippen LogP contribution in [-0.2, 0) is 14.8 Å². The van der Waals surface area contributed by atoms with Crippen molar-refractivity contribution in [3.63, 3.8) is 0 Å². The summed E-state index contributed by atoms with van der Waals surface area (Å²) in [5.41, 5.74) is 1.05. The number of nitrogens with one attached hydrogen (secondary N) is 1. The van der Waals surface area contributed by atoms with Gasteiger partial charge in [0, 0.05) is 29.6 Å². The van der Waals surface area contributed by atoms with Crippen LogP contribution in [0.15, 0.2) is 45.7 Å². The van der Waals surface area contributed by atoms with Crippen molar-refractivity contribution in [3.05, 3.63) is 63.4 Å². The zero-order chi connectivity index (χ0) is 22.3. The van der Waals surface area contributed by atoms with Gasteiger partial charge < -0.3 is 10.2 Å². The van der Waals surface area contributed by atoms with E-state index < -0.39 is 21.9 Å². The molecule has 0 spiro atoms. The molecule has 2 aromatic rings. The summed E-state index contributed by atoms with van der Waals surface area (Å²) in [5, 5.41) is 3.10. The Morgan fingerprint density at radius 1 is 1.19 bits per heavy atom. The summed E-state index contributed by atoms with van der Waals surface area (Å²) in [5.74, 6) is -0.558. The minimum Gasteiger partial charge on any atom is -0.355 e. The third-order valence-electron chi connectivity index (χ3n) is 5.64. The number of carbonyl (C=O) groups excluding carboxylic acids is 1. The molecule has 0 aliphatic carbocycles. The Morgan fingerprint density at radius 3 is 2.58 bits per heavy atom. The highest BCUT2D eigenvalue weighted by atomic mass is 35.5. The van der Waals surface area contributed by atoms with Crippen molar-refractivity contribution in [1.29, 1.82) is 0 Å². The van der Waals surface area contributed by atoms with Crippen LogP contribution in [-0.4, -0.2) is 38.2 Å². The summed E-state index contributed by atoms with van der Waals surface area (Å²) in [4.78, 5) is 14.9. The zero-order valence-electron chi connectivity index (χ0n) is 16.6. The lowest BCUT2D eigenvalue weighted by molar-refractivity contribution is -0.126. The highest BCUT2D eigenvalue weighted by Crippen LogP contribution is 2.31. The average Bonchev–Trinajstić information content (AvgIpc) is 3.02. The number of hydrogen-bond donors (Lipinski definition) is 1. The van der Waals surface area contributed by atoms with Gasteiger partial charge in [0.15, 0.2) is 5.84 Å². The van der Waals surface area contributed by atoms with Crippen molar-refractivity contribution in [2.75, 3.05) is 13.1 Å². The van der Waals surface area contributed by atoms with E-state index in [1.807, 2.05) is 4.90 Å². The second-order valence-electron chi connectivity index (χ2n) is 7.67. The molecule has 164 valence electrons. The summed E-state index contributed by atoms with van der Waals surface area (Å²) in [6, 6.07) is 8.81. The Hall–Kier alpha value is -2.16. The molecule has 0 aromatic heterocycles. The molecule has 1 amide bonds. The van der Waals surface area contributed by atoms with Gasteiger partial charge in [0.05, 0.1) is 11.1 Å². The highest BCUT2D eigenvalue weighted by Gasteiger charge is 2.34. The van der Waals surface area contributed by atoms with Crippen LogP contribution in [0.25, 0.3) is 0 Å². The Bertz CT molecular complexity index is 1180. The Balaban J connectivity index is 1.41. The molecule has 1 atom stereocenters. The molecule has 1 fully saturated rings. The predicted molar refractivity (Wildman–Crippen MR) is 117 cm³/mol. The van der Waals surface area contributed by atoms with Crippen LogP contribution in [0.4, 0.5) is 4.39 Å². The molecule has 10 heteroatoms. The van der Waals surface area contributed by atoms with Crippen molar-refractivity contribution < 1.29 is 17.6 Å².